The second-order valence-electron chi connectivity index (χ2n) is 7.31. The number of aromatic nitrogens is 4. The summed E-state index contributed by atoms with van der Waals surface area (Å²) in [4.78, 5) is 15.1. The standard InChI is InChI=1S/C22H25N5O4/c1-15(31-17-8-6-16(7-9-17)27-14-23-24-25-27)22(28)26-12-4-5-20(26)19-13-18(29-2)10-11-21(19)30-3/h6-11,13-15,20H,4-5,12H2,1-3H3/t15-,20-/m0/s1. The van der Waals surface area contributed by atoms with Crippen LogP contribution in [0, 0.1) is 0 Å². The van der Waals surface area contributed by atoms with Gasteiger partial charge in [-0.15, -0.1) is 5.10 Å². The topological polar surface area (TPSA) is 91.6 Å². The van der Waals surface area contributed by atoms with Gasteiger partial charge < -0.3 is 19.1 Å². The Morgan fingerprint density at radius 1 is 1.10 bits per heavy atom. The van der Waals surface area contributed by atoms with Gasteiger partial charge in [-0.05, 0) is 72.7 Å². The first kappa shape index (κ1) is 20.6. The molecule has 3 aromatic rings. The Bertz CT molecular complexity index is 1020. The van der Waals surface area contributed by atoms with Crippen molar-refractivity contribution in [2.24, 2.45) is 0 Å². The molecule has 2 atom stereocenters. The largest absolute Gasteiger partial charge is 0.497 e. The van der Waals surface area contributed by atoms with Crippen LogP contribution in [-0.2, 0) is 4.79 Å². The zero-order valence-corrected chi connectivity index (χ0v) is 17.8. The predicted molar refractivity (Wildman–Crippen MR) is 112 cm³/mol. The minimum Gasteiger partial charge on any atom is -0.497 e. The van der Waals surface area contributed by atoms with Crippen LogP contribution in [0.2, 0.25) is 0 Å². The molecule has 9 heteroatoms. The van der Waals surface area contributed by atoms with E-state index in [2.05, 4.69) is 15.5 Å². The number of likely N-dealkylation sites (tertiary alicyclic amines) is 1. The van der Waals surface area contributed by atoms with Gasteiger partial charge in [0.1, 0.15) is 23.6 Å². The lowest BCUT2D eigenvalue weighted by atomic mass is 10.0. The SMILES string of the molecule is COc1ccc(OC)c([C@@H]2CCCN2C(=O)[C@H](C)Oc2ccc(-n3cnnn3)cc2)c1. The van der Waals surface area contributed by atoms with Crippen LogP contribution in [0.5, 0.6) is 17.2 Å². The van der Waals surface area contributed by atoms with E-state index in [1.165, 1.54) is 6.33 Å². The quantitative estimate of drug-likeness (QED) is 0.577. The summed E-state index contributed by atoms with van der Waals surface area (Å²) in [6.45, 7) is 2.45. The summed E-state index contributed by atoms with van der Waals surface area (Å²) >= 11 is 0. The number of hydrogen-bond acceptors (Lipinski definition) is 7. The lowest BCUT2D eigenvalue weighted by Crippen LogP contribution is -2.40. The van der Waals surface area contributed by atoms with Crippen molar-refractivity contribution in [2.75, 3.05) is 20.8 Å². The highest BCUT2D eigenvalue weighted by Gasteiger charge is 2.35. The highest BCUT2D eigenvalue weighted by molar-refractivity contribution is 5.81. The summed E-state index contributed by atoms with van der Waals surface area (Å²) in [5.41, 5.74) is 1.76. The number of hydrogen-bond donors (Lipinski definition) is 0. The molecule has 4 rings (SSSR count). The van der Waals surface area contributed by atoms with Gasteiger partial charge in [0.25, 0.3) is 5.91 Å². The Morgan fingerprint density at radius 2 is 1.87 bits per heavy atom. The van der Waals surface area contributed by atoms with Gasteiger partial charge in [-0.25, -0.2) is 4.68 Å². The Hall–Kier alpha value is -3.62. The second-order valence-corrected chi connectivity index (χ2v) is 7.31. The number of benzene rings is 2. The molecule has 0 bridgehead atoms. The van der Waals surface area contributed by atoms with E-state index in [1.807, 2.05) is 35.2 Å². The van der Waals surface area contributed by atoms with E-state index < -0.39 is 6.10 Å². The molecule has 1 aromatic heterocycles. The van der Waals surface area contributed by atoms with Crippen LogP contribution < -0.4 is 14.2 Å². The van der Waals surface area contributed by atoms with Crippen LogP contribution in [0.25, 0.3) is 5.69 Å². The molecular formula is C22H25N5O4. The summed E-state index contributed by atoms with van der Waals surface area (Å²) in [6.07, 6.45) is 2.67. The molecule has 1 amide bonds. The van der Waals surface area contributed by atoms with Crippen LogP contribution in [-0.4, -0.2) is 57.9 Å². The monoisotopic (exact) mass is 423 g/mol. The molecular weight excluding hydrogens is 398 g/mol. The average Bonchev–Trinajstić information content (AvgIpc) is 3.51. The summed E-state index contributed by atoms with van der Waals surface area (Å²) in [6, 6.07) is 12.9. The number of methoxy groups -OCH3 is 2. The van der Waals surface area contributed by atoms with Crippen molar-refractivity contribution in [3.8, 4) is 22.9 Å². The van der Waals surface area contributed by atoms with Crippen molar-refractivity contribution in [2.45, 2.75) is 31.9 Å². The molecule has 9 nitrogen and oxygen atoms in total. The summed E-state index contributed by atoms with van der Waals surface area (Å²) < 4.78 is 18.4. The molecule has 0 saturated carbocycles. The maximum atomic E-state index is 13.2. The molecule has 2 heterocycles. The van der Waals surface area contributed by atoms with Crippen LogP contribution in [0.3, 0.4) is 0 Å². The lowest BCUT2D eigenvalue weighted by molar-refractivity contribution is -0.138. The van der Waals surface area contributed by atoms with E-state index in [0.29, 0.717) is 12.3 Å². The molecule has 31 heavy (non-hydrogen) atoms. The molecule has 0 radical (unpaired) electrons. The van der Waals surface area contributed by atoms with E-state index in [0.717, 1.165) is 35.6 Å². The van der Waals surface area contributed by atoms with E-state index >= 15 is 0 Å². The highest BCUT2D eigenvalue weighted by atomic mass is 16.5. The van der Waals surface area contributed by atoms with Gasteiger partial charge in [-0.3, -0.25) is 4.79 Å². The fraction of sp³-hybridized carbons (Fsp3) is 0.364. The molecule has 0 spiro atoms. The average molecular weight is 423 g/mol. The molecule has 2 aromatic carbocycles. The number of ether oxygens (including phenoxy) is 3. The second kappa shape index (κ2) is 9.03. The van der Waals surface area contributed by atoms with Crippen LogP contribution in [0.4, 0.5) is 0 Å². The van der Waals surface area contributed by atoms with Crippen LogP contribution in [0.1, 0.15) is 31.4 Å². The van der Waals surface area contributed by atoms with E-state index in [4.69, 9.17) is 14.2 Å². The Morgan fingerprint density at radius 3 is 2.55 bits per heavy atom. The van der Waals surface area contributed by atoms with Crippen molar-refractivity contribution >= 4 is 5.91 Å². The summed E-state index contributed by atoms with van der Waals surface area (Å²) in [5.74, 6) is 2.03. The molecule has 1 fully saturated rings. The maximum absolute atomic E-state index is 13.2. The zero-order chi connectivity index (χ0) is 21.8. The summed E-state index contributed by atoms with van der Waals surface area (Å²) in [5, 5.41) is 11.1. The minimum absolute atomic E-state index is 0.0584. The van der Waals surface area contributed by atoms with Crippen molar-refractivity contribution in [3.05, 3.63) is 54.4 Å². The lowest BCUT2D eigenvalue weighted by Gasteiger charge is -2.29. The predicted octanol–water partition coefficient (Wildman–Crippen LogP) is 2.81. The minimum atomic E-state index is -0.629. The Labute approximate surface area is 180 Å². The van der Waals surface area contributed by atoms with Crippen molar-refractivity contribution in [3.63, 3.8) is 0 Å². The molecule has 0 aliphatic carbocycles. The maximum Gasteiger partial charge on any atom is 0.263 e. The van der Waals surface area contributed by atoms with Crippen molar-refractivity contribution < 1.29 is 19.0 Å². The van der Waals surface area contributed by atoms with E-state index in [1.54, 1.807) is 38.0 Å². The Balaban J connectivity index is 1.48. The molecule has 0 N–H and O–H groups in total. The highest BCUT2D eigenvalue weighted by Crippen LogP contribution is 2.39. The van der Waals surface area contributed by atoms with Gasteiger partial charge in [0.05, 0.1) is 25.9 Å². The number of amides is 1. The number of carbonyl (C=O) groups is 1. The molecule has 1 aliphatic heterocycles. The van der Waals surface area contributed by atoms with Gasteiger partial charge in [0.2, 0.25) is 0 Å². The van der Waals surface area contributed by atoms with Gasteiger partial charge in [0, 0.05) is 12.1 Å². The van der Waals surface area contributed by atoms with Gasteiger partial charge >= 0.3 is 0 Å². The van der Waals surface area contributed by atoms with Gasteiger partial charge in [-0.1, -0.05) is 0 Å². The first-order valence-electron chi connectivity index (χ1n) is 10.1. The van der Waals surface area contributed by atoms with E-state index in [-0.39, 0.29) is 11.9 Å². The first-order valence-corrected chi connectivity index (χ1v) is 10.1. The number of carbonyl (C=O) groups excluding carboxylic acids is 1. The third kappa shape index (κ3) is 4.30. The number of nitrogens with zero attached hydrogens (tertiary/aromatic N) is 5. The fourth-order valence-electron chi connectivity index (χ4n) is 3.90. The first-order chi connectivity index (χ1) is 15.1. The van der Waals surface area contributed by atoms with Crippen molar-refractivity contribution in [1.29, 1.82) is 0 Å². The van der Waals surface area contributed by atoms with Crippen LogP contribution >= 0.6 is 0 Å². The number of tetrazole rings is 1. The van der Waals surface area contributed by atoms with Gasteiger partial charge in [0.15, 0.2) is 6.10 Å². The smallest absolute Gasteiger partial charge is 0.263 e. The molecule has 162 valence electrons. The summed E-state index contributed by atoms with van der Waals surface area (Å²) in [7, 11) is 3.26. The molecule has 0 unspecified atom stereocenters. The van der Waals surface area contributed by atoms with E-state index in [9.17, 15) is 4.79 Å². The third-order valence-electron chi connectivity index (χ3n) is 5.44. The fourth-order valence-corrected chi connectivity index (χ4v) is 3.90. The number of rotatable bonds is 7. The Kier molecular flexibility index (Phi) is 6.01. The molecule has 1 saturated heterocycles. The normalized spacial score (nSPS) is 16.7. The third-order valence-corrected chi connectivity index (χ3v) is 5.44. The molecule has 1 aliphatic rings. The van der Waals surface area contributed by atoms with Crippen LogP contribution in [0.15, 0.2) is 48.8 Å². The van der Waals surface area contributed by atoms with Crippen molar-refractivity contribution in [1.82, 2.24) is 25.1 Å². The van der Waals surface area contributed by atoms with Gasteiger partial charge in [-0.2, -0.15) is 0 Å². The zero-order valence-electron chi connectivity index (χ0n) is 17.8.